The molecule has 0 amide bonds. The summed E-state index contributed by atoms with van der Waals surface area (Å²) in [7, 11) is 0. The van der Waals surface area contributed by atoms with Crippen molar-refractivity contribution in [3.05, 3.63) is 64.8 Å². The summed E-state index contributed by atoms with van der Waals surface area (Å²) in [5, 5.41) is 12.9. The topological polar surface area (TPSA) is 53.4 Å². The quantitative estimate of drug-likeness (QED) is 0.739. The van der Waals surface area contributed by atoms with Gasteiger partial charge in [0.1, 0.15) is 0 Å². The number of carbonyl (C=O) groups is 1. The summed E-state index contributed by atoms with van der Waals surface area (Å²) in [6, 6.07) is 10.8. The first-order valence-electron chi connectivity index (χ1n) is 8.98. The second-order valence-electron chi connectivity index (χ2n) is 6.97. The van der Waals surface area contributed by atoms with Crippen LogP contribution in [0.2, 0.25) is 0 Å². The molecule has 0 bridgehead atoms. The highest BCUT2D eigenvalue weighted by Crippen LogP contribution is 2.39. The van der Waals surface area contributed by atoms with Gasteiger partial charge in [0.05, 0.1) is 12.0 Å². The van der Waals surface area contributed by atoms with E-state index in [-0.39, 0.29) is 12.0 Å². The van der Waals surface area contributed by atoms with Gasteiger partial charge in [-0.15, -0.1) is 11.3 Å². The lowest BCUT2D eigenvalue weighted by molar-refractivity contribution is -0.143. The molecule has 134 valence electrons. The van der Waals surface area contributed by atoms with Gasteiger partial charge >= 0.3 is 5.97 Å². The number of fused-ring (bicyclic) bond motifs is 1. The lowest BCUT2D eigenvalue weighted by Crippen LogP contribution is -2.39. The number of hydrogen-bond donors (Lipinski definition) is 1. The van der Waals surface area contributed by atoms with Crippen molar-refractivity contribution in [1.82, 2.24) is 9.88 Å². The summed E-state index contributed by atoms with van der Waals surface area (Å²) >= 11 is 1.78. The molecular weight excluding hydrogens is 344 g/mol. The van der Waals surface area contributed by atoms with E-state index in [4.69, 9.17) is 0 Å². The Morgan fingerprint density at radius 1 is 1.23 bits per heavy atom. The smallest absolute Gasteiger partial charge is 0.306 e. The number of rotatable bonds is 4. The van der Waals surface area contributed by atoms with E-state index >= 15 is 0 Å². The number of aromatic nitrogens is 1. The van der Waals surface area contributed by atoms with Gasteiger partial charge < -0.3 is 5.11 Å². The number of aryl methyl sites for hydroxylation is 1. The zero-order valence-corrected chi connectivity index (χ0v) is 15.6. The lowest BCUT2D eigenvalue weighted by Gasteiger charge is -2.37. The summed E-state index contributed by atoms with van der Waals surface area (Å²) in [5.74, 6) is -0.882. The van der Waals surface area contributed by atoms with E-state index in [9.17, 15) is 9.90 Å². The fourth-order valence-corrected chi connectivity index (χ4v) is 4.95. The molecule has 3 heterocycles. The van der Waals surface area contributed by atoms with Crippen molar-refractivity contribution in [2.45, 2.75) is 25.8 Å². The van der Waals surface area contributed by atoms with Crippen molar-refractivity contribution in [3.63, 3.8) is 0 Å². The molecule has 1 unspecified atom stereocenters. The Morgan fingerprint density at radius 2 is 2.00 bits per heavy atom. The van der Waals surface area contributed by atoms with Crippen molar-refractivity contribution in [1.29, 1.82) is 0 Å². The van der Waals surface area contributed by atoms with E-state index in [2.05, 4.69) is 52.5 Å². The van der Waals surface area contributed by atoms with Crippen LogP contribution in [-0.2, 0) is 4.79 Å². The van der Waals surface area contributed by atoms with Crippen LogP contribution in [0.4, 0.5) is 0 Å². The highest BCUT2D eigenvalue weighted by atomic mass is 32.1. The maximum absolute atomic E-state index is 11.3. The molecule has 0 radical (unpaired) electrons. The Kier molecular flexibility index (Phi) is 4.74. The molecule has 1 saturated heterocycles. The number of piperidine rings is 1. The SMILES string of the molecule is Cc1cnccc1C(c1csc2ccccc12)N1CCC(C(=O)O)CC1. The maximum Gasteiger partial charge on any atom is 0.306 e. The molecule has 1 N–H and O–H groups in total. The maximum atomic E-state index is 11.3. The Balaban J connectivity index is 1.76. The highest BCUT2D eigenvalue weighted by Gasteiger charge is 2.31. The zero-order chi connectivity index (χ0) is 18.1. The number of likely N-dealkylation sites (tertiary alicyclic amines) is 1. The summed E-state index contributed by atoms with van der Waals surface area (Å²) < 4.78 is 1.29. The molecule has 0 spiro atoms. The molecule has 4 rings (SSSR count). The highest BCUT2D eigenvalue weighted by molar-refractivity contribution is 7.17. The van der Waals surface area contributed by atoms with Gasteiger partial charge in [0.2, 0.25) is 0 Å². The van der Waals surface area contributed by atoms with Gasteiger partial charge in [-0.25, -0.2) is 0 Å². The summed E-state index contributed by atoms with van der Waals surface area (Å²) in [6.45, 7) is 3.70. The average Bonchev–Trinajstić information content (AvgIpc) is 3.08. The molecule has 3 aromatic rings. The van der Waals surface area contributed by atoms with Gasteiger partial charge in [-0.05, 0) is 72.4 Å². The normalized spacial score (nSPS) is 17.4. The summed E-state index contributed by atoms with van der Waals surface area (Å²) in [5.41, 5.74) is 3.75. The van der Waals surface area contributed by atoms with Gasteiger partial charge in [-0.3, -0.25) is 14.7 Å². The zero-order valence-electron chi connectivity index (χ0n) is 14.8. The minimum absolute atomic E-state index is 0.142. The third-order valence-corrected chi connectivity index (χ3v) is 6.39. The third kappa shape index (κ3) is 3.13. The predicted molar refractivity (Wildman–Crippen MR) is 105 cm³/mol. The number of aliphatic carboxylic acids is 1. The Morgan fingerprint density at radius 3 is 2.73 bits per heavy atom. The lowest BCUT2D eigenvalue weighted by atomic mass is 9.90. The predicted octanol–water partition coefficient (Wildman–Crippen LogP) is 4.49. The first-order valence-corrected chi connectivity index (χ1v) is 9.86. The molecule has 0 saturated carbocycles. The number of hydrogen-bond acceptors (Lipinski definition) is 4. The van der Waals surface area contributed by atoms with E-state index in [1.165, 1.54) is 26.8 Å². The van der Waals surface area contributed by atoms with Crippen LogP contribution < -0.4 is 0 Å². The van der Waals surface area contributed by atoms with Gasteiger partial charge in [0.25, 0.3) is 0 Å². The van der Waals surface area contributed by atoms with Crippen LogP contribution in [0, 0.1) is 12.8 Å². The van der Waals surface area contributed by atoms with Crippen molar-refractivity contribution < 1.29 is 9.90 Å². The first-order chi connectivity index (χ1) is 12.6. The molecular formula is C21H22N2O2S. The van der Waals surface area contributed by atoms with E-state index in [0.29, 0.717) is 12.8 Å². The fourth-order valence-electron chi connectivity index (χ4n) is 3.97. The molecule has 4 nitrogen and oxygen atoms in total. The molecule has 1 aliphatic rings. The molecule has 0 aliphatic carbocycles. The standard InChI is InChI=1S/C21H22N2O2S/c1-14-12-22-9-6-16(14)20(23-10-7-15(8-11-23)21(24)25)18-13-26-19-5-3-2-4-17(18)19/h2-6,9,12-13,15,20H,7-8,10-11H2,1H3,(H,24,25). The minimum atomic E-state index is -0.665. The number of carboxylic acids is 1. The van der Waals surface area contributed by atoms with Gasteiger partial charge in [0, 0.05) is 17.1 Å². The summed E-state index contributed by atoms with van der Waals surface area (Å²) in [4.78, 5) is 18.0. The molecule has 1 fully saturated rings. The Labute approximate surface area is 157 Å². The van der Waals surface area contributed by atoms with Crippen LogP contribution in [0.5, 0.6) is 0 Å². The van der Waals surface area contributed by atoms with Gasteiger partial charge in [-0.2, -0.15) is 0 Å². The van der Waals surface area contributed by atoms with Gasteiger partial charge in [-0.1, -0.05) is 18.2 Å². The average molecular weight is 366 g/mol. The monoisotopic (exact) mass is 366 g/mol. The minimum Gasteiger partial charge on any atom is -0.481 e. The van der Waals surface area contributed by atoms with Crippen molar-refractivity contribution in [2.75, 3.05) is 13.1 Å². The van der Waals surface area contributed by atoms with Crippen LogP contribution >= 0.6 is 11.3 Å². The summed E-state index contributed by atoms with van der Waals surface area (Å²) in [6.07, 6.45) is 5.19. The number of carboxylic acid groups (broad SMARTS) is 1. The van der Waals surface area contributed by atoms with E-state index in [1.54, 1.807) is 11.3 Å². The number of nitrogens with zero attached hydrogens (tertiary/aromatic N) is 2. The number of benzene rings is 1. The van der Waals surface area contributed by atoms with Crippen LogP contribution in [-0.4, -0.2) is 34.0 Å². The van der Waals surface area contributed by atoms with Crippen LogP contribution in [0.25, 0.3) is 10.1 Å². The first kappa shape index (κ1) is 17.2. The number of thiophene rings is 1. The van der Waals surface area contributed by atoms with Crippen LogP contribution in [0.1, 0.15) is 35.6 Å². The number of pyridine rings is 1. The van der Waals surface area contributed by atoms with Gasteiger partial charge in [0.15, 0.2) is 0 Å². The Bertz CT molecular complexity index is 928. The van der Waals surface area contributed by atoms with Crippen molar-refractivity contribution in [2.24, 2.45) is 5.92 Å². The molecule has 1 aliphatic heterocycles. The molecule has 1 atom stereocenters. The second kappa shape index (κ2) is 7.17. The van der Waals surface area contributed by atoms with Crippen molar-refractivity contribution in [3.8, 4) is 0 Å². The largest absolute Gasteiger partial charge is 0.481 e. The van der Waals surface area contributed by atoms with Crippen LogP contribution in [0.3, 0.4) is 0 Å². The third-order valence-electron chi connectivity index (χ3n) is 5.41. The molecule has 5 heteroatoms. The van der Waals surface area contributed by atoms with Crippen LogP contribution in [0.15, 0.2) is 48.1 Å². The molecule has 1 aromatic carbocycles. The molecule has 26 heavy (non-hydrogen) atoms. The fraction of sp³-hybridized carbons (Fsp3) is 0.333. The van der Waals surface area contributed by atoms with E-state index in [1.807, 2.05) is 12.4 Å². The van der Waals surface area contributed by atoms with E-state index < -0.39 is 5.97 Å². The van der Waals surface area contributed by atoms with Crippen molar-refractivity contribution >= 4 is 27.4 Å². The molecule has 2 aromatic heterocycles. The van der Waals surface area contributed by atoms with E-state index in [0.717, 1.165) is 13.1 Å². The second-order valence-corrected chi connectivity index (χ2v) is 7.88. The Hall–Kier alpha value is -2.24.